The molecular formula is C18H23FN2O6S. The number of benzene rings is 1. The minimum absolute atomic E-state index is 0.181. The molecule has 3 rings (SSSR count). The Bertz CT molecular complexity index is 848. The number of carbonyl (C=O) groups excluding carboxylic acids is 2. The van der Waals surface area contributed by atoms with Crippen molar-refractivity contribution in [3.8, 4) is 0 Å². The number of esters is 1. The Kier molecular flexibility index (Phi) is 6.31. The Hall–Kier alpha value is -2.04. The van der Waals surface area contributed by atoms with Gasteiger partial charge in [-0.3, -0.25) is 4.79 Å². The highest BCUT2D eigenvalue weighted by Gasteiger charge is 2.30. The standard InChI is InChI=1S/C18H23FN2O6S/c1-13(17(22)20-6-2-3-7-20)27-18(23)15-12-14(4-5-16(15)19)28(24,25)21-8-10-26-11-9-21/h4-5,12-13H,2-3,6-11H2,1H3/t13-/m1/s1. The second kappa shape index (κ2) is 8.54. The second-order valence-electron chi connectivity index (χ2n) is 6.74. The Labute approximate surface area is 163 Å². The molecule has 0 saturated carbocycles. The van der Waals surface area contributed by atoms with E-state index in [1.807, 2.05) is 0 Å². The van der Waals surface area contributed by atoms with E-state index in [9.17, 15) is 22.4 Å². The summed E-state index contributed by atoms with van der Waals surface area (Å²) in [4.78, 5) is 26.0. The zero-order valence-corrected chi connectivity index (χ0v) is 16.4. The average Bonchev–Trinajstić information content (AvgIpc) is 3.22. The monoisotopic (exact) mass is 414 g/mol. The first-order valence-corrected chi connectivity index (χ1v) is 10.6. The summed E-state index contributed by atoms with van der Waals surface area (Å²) >= 11 is 0. The molecule has 2 saturated heterocycles. The van der Waals surface area contributed by atoms with E-state index in [1.54, 1.807) is 4.90 Å². The van der Waals surface area contributed by atoms with Crippen LogP contribution < -0.4 is 0 Å². The number of carbonyl (C=O) groups is 2. The maximum Gasteiger partial charge on any atom is 0.341 e. The largest absolute Gasteiger partial charge is 0.449 e. The van der Waals surface area contributed by atoms with Gasteiger partial charge in [0.05, 0.1) is 23.7 Å². The van der Waals surface area contributed by atoms with Crippen molar-refractivity contribution in [2.75, 3.05) is 39.4 Å². The summed E-state index contributed by atoms with van der Waals surface area (Å²) in [6.45, 7) is 3.52. The SMILES string of the molecule is C[C@@H](OC(=O)c1cc(S(=O)(=O)N2CCOCC2)ccc1F)C(=O)N1CCCC1. The molecule has 2 heterocycles. The van der Waals surface area contributed by atoms with Crippen LogP contribution in [0.15, 0.2) is 23.1 Å². The number of halogens is 1. The predicted octanol–water partition coefficient (Wildman–Crippen LogP) is 1.01. The third-order valence-corrected chi connectivity index (χ3v) is 6.71. The fourth-order valence-corrected chi connectivity index (χ4v) is 4.66. The van der Waals surface area contributed by atoms with Crippen LogP contribution in [0.5, 0.6) is 0 Å². The van der Waals surface area contributed by atoms with Crippen LogP contribution in [0, 0.1) is 5.82 Å². The van der Waals surface area contributed by atoms with Gasteiger partial charge in [0, 0.05) is 26.2 Å². The van der Waals surface area contributed by atoms with Crippen LogP contribution in [-0.2, 0) is 24.3 Å². The number of hydrogen-bond donors (Lipinski definition) is 0. The van der Waals surface area contributed by atoms with E-state index >= 15 is 0 Å². The minimum atomic E-state index is -3.89. The average molecular weight is 414 g/mol. The molecule has 0 aromatic heterocycles. The molecule has 154 valence electrons. The third kappa shape index (κ3) is 4.34. The highest BCUT2D eigenvalue weighted by molar-refractivity contribution is 7.89. The molecule has 1 amide bonds. The van der Waals surface area contributed by atoms with Gasteiger partial charge in [-0.25, -0.2) is 17.6 Å². The zero-order valence-electron chi connectivity index (χ0n) is 15.6. The van der Waals surface area contributed by atoms with Crippen LogP contribution in [0.1, 0.15) is 30.1 Å². The summed E-state index contributed by atoms with van der Waals surface area (Å²) in [7, 11) is -3.89. The van der Waals surface area contributed by atoms with E-state index in [0.29, 0.717) is 13.1 Å². The van der Waals surface area contributed by atoms with Crippen LogP contribution in [0.2, 0.25) is 0 Å². The Morgan fingerprint density at radius 2 is 1.79 bits per heavy atom. The molecule has 0 spiro atoms. The van der Waals surface area contributed by atoms with E-state index < -0.39 is 33.5 Å². The van der Waals surface area contributed by atoms with Crippen LogP contribution in [0.3, 0.4) is 0 Å². The van der Waals surface area contributed by atoms with Crippen LogP contribution in [-0.4, -0.2) is 75.0 Å². The summed E-state index contributed by atoms with van der Waals surface area (Å²) < 4.78 is 51.1. The first-order valence-electron chi connectivity index (χ1n) is 9.18. The lowest BCUT2D eigenvalue weighted by Crippen LogP contribution is -2.40. The summed E-state index contributed by atoms with van der Waals surface area (Å²) in [5.74, 6) is -2.33. The van der Waals surface area contributed by atoms with Crippen molar-refractivity contribution in [3.05, 3.63) is 29.6 Å². The molecule has 2 aliphatic rings. The van der Waals surface area contributed by atoms with Gasteiger partial charge in [-0.15, -0.1) is 0 Å². The van der Waals surface area contributed by atoms with Crippen LogP contribution >= 0.6 is 0 Å². The molecule has 1 aromatic rings. The molecule has 2 fully saturated rings. The second-order valence-corrected chi connectivity index (χ2v) is 8.68. The van der Waals surface area contributed by atoms with Gasteiger partial charge in [-0.2, -0.15) is 4.31 Å². The van der Waals surface area contributed by atoms with Crippen molar-refractivity contribution in [1.82, 2.24) is 9.21 Å². The van der Waals surface area contributed by atoms with Crippen molar-refractivity contribution >= 4 is 21.9 Å². The van der Waals surface area contributed by atoms with Gasteiger partial charge in [-0.05, 0) is 38.0 Å². The highest BCUT2D eigenvalue weighted by Crippen LogP contribution is 2.21. The molecule has 0 aliphatic carbocycles. The first-order chi connectivity index (χ1) is 13.3. The number of hydrogen-bond acceptors (Lipinski definition) is 6. The molecule has 1 atom stereocenters. The molecule has 10 heteroatoms. The fourth-order valence-electron chi connectivity index (χ4n) is 3.23. The molecule has 1 aromatic carbocycles. The fraction of sp³-hybridized carbons (Fsp3) is 0.556. The number of amides is 1. The summed E-state index contributed by atoms with van der Waals surface area (Å²) in [5.41, 5.74) is -0.518. The maximum atomic E-state index is 14.2. The maximum absolute atomic E-state index is 14.2. The van der Waals surface area contributed by atoms with E-state index in [1.165, 1.54) is 11.2 Å². The molecule has 0 bridgehead atoms. The summed E-state index contributed by atoms with van der Waals surface area (Å²) in [5, 5.41) is 0. The lowest BCUT2D eigenvalue weighted by molar-refractivity contribution is -0.138. The molecule has 28 heavy (non-hydrogen) atoms. The normalized spacial score (nSPS) is 19.4. The smallest absolute Gasteiger partial charge is 0.341 e. The van der Waals surface area contributed by atoms with Crippen LogP contribution in [0.25, 0.3) is 0 Å². The number of sulfonamides is 1. The van der Waals surface area contributed by atoms with Gasteiger partial charge >= 0.3 is 5.97 Å². The van der Waals surface area contributed by atoms with Crippen molar-refractivity contribution in [1.29, 1.82) is 0 Å². The lowest BCUT2D eigenvalue weighted by Gasteiger charge is -2.26. The number of ether oxygens (including phenoxy) is 2. The number of likely N-dealkylation sites (tertiary alicyclic amines) is 1. The number of rotatable bonds is 5. The Morgan fingerprint density at radius 1 is 1.14 bits per heavy atom. The first kappa shape index (κ1) is 20.7. The topological polar surface area (TPSA) is 93.2 Å². The van der Waals surface area contributed by atoms with E-state index in [0.717, 1.165) is 31.0 Å². The zero-order chi connectivity index (χ0) is 20.3. The lowest BCUT2D eigenvalue weighted by atomic mass is 10.2. The summed E-state index contributed by atoms with van der Waals surface area (Å²) in [6, 6.07) is 2.97. The van der Waals surface area contributed by atoms with Crippen LogP contribution in [0.4, 0.5) is 4.39 Å². The van der Waals surface area contributed by atoms with E-state index in [-0.39, 0.29) is 37.1 Å². The third-order valence-electron chi connectivity index (χ3n) is 4.81. The van der Waals surface area contributed by atoms with Gasteiger partial charge in [0.2, 0.25) is 10.0 Å². The van der Waals surface area contributed by atoms with Gasteiger partial charge in [0.25, 0.3) is 5.91 Å². The van der Waals surface area contributed by atoms with Gasteiger partial charge in [0.15, 0.2) is 6.10 Å². The molecular weight excluding hydrogens is 391 g/mol. The Morgan fingerprint density at radius 3 is 2.43 bits per heavy atom. The predicted molar refractivity (Wildman–Crippen MR) is 96.7 cm³/mol. The van der Waals surface area contributed by atoms with Gasteiger partial charge in [0.1, 0.15) is 5.82 Å². The van der Waals surface area contributed by atoms with E-state index in [2.05, 4.69) is 0 Å². The number of nitrogens with zero attached hydrogens (tertiary/aromatic N) is 2. The molecule has 0 N–H and O–H groups in total. The highest BCUT2D eigenvalue weighted by atomic mass is 32.2. The van der Waals surface area contributed by atoms with Crippen molar-refractivity contribution < 1.29 is 31.9 Å². The van der Waals surface area contributed by atoms with Gasteiger partial charge < -0.3 is 14.4 Å². The molecule has 2 aliphatic heterocycles. The van der Waals surface area contributed by atoms with Gasteiger partial charge in [-0.1, -0.05) is 0 Å². The van der Waals surface area contributed by atoms with Crippen molar-refractivity contribution in [2.45, 2.75) is 30.8 Å². The molecule has 0 unspecified atom stereocenters. The quantitative estimate of drug-likeness (QED) is 0.668. The molecule has 0 radical (unpaired) electrons. The summed E-state index contributed by atoms with van der Waals surface area (Å²) in [6.07, 6.45) is 0.704. The molecule has 8 nitrogen and oxygen atoms in total. The van der Waals surface area contributed by atoms with Crippen molar-refractivity contribution in [2.24, 2.45) is 0 Å². The van der Waals surface area contributed by atoms with Crippen molar-refractivity contribution in [3.63, 3.8) is 0 Å². The minimum Gasteiger partial charge on any atom is -0.449 e. The Balaban J connectivity index is 1.77. The van der Waals surface area contributed by atoms with E-state index in [4.69, 9.17) is 9.47 Å². The number of morpholine rings is 1.